The maximum absolute atomic E-state index is 12.8. The first-order valence-corrected chi connectivity index (χ1v) is 7.01. The van der Waals surface area contributed by atoms with Crippen LogP contribution >= 0.6 is 0 Å². The van der Waals surface area contributed by atoms with Crippen molar-refractivity contribution in [2.45, 2.75) is 19.3 Å². The molecule has 112 valence electrons. The maximum Gasteiger partial charge on any atom is 0.243 e. The maximum atomic E-state index is 12.8. The van der Waals surface area contributed by atoms with Crippen LogP contribution in [0.15, 0.2) is 36.4 Å². The average Bonchev–Trinajstić information content (AvgIpc) is 2.49. The van der Waals surface area contributed by atoms with Crippen molar-refractivity contribution < 1.29 is 14.0 Å². The van der Waals surface area contributed by atoms with Gasteiger partial charge in [-0.3, -0.25) is 9.59 Å². The van der Waals surface area contributed by atoms with E-state index in [1.54, 1.807) is 7.05 Å². The fraction of sp³-hybridized carbons (Fsp3) is 0.375. The molecule has 0 bridgehead atoms. The van der Waals surface area contributed by atoms with Crippen LogP contribution in [0.4, 0.5) is 10.1 Å². The van der Waals surface area contributed by atoms with Gasteiger partial charge in [0.05, 0.1) is 6.54 Å². The molecule has 1 aromatic rings. The molecule has 0 heterocycles. The third-order valence-corrected chi connectivity index (χ3v) is 3.50. The molecule has 0 unspecified atom stereocenters. The van der Waals surface area contributed by atoms with Gasteiger partial charge in [-0.15, -0.1) is 0 Å². The van der Waals surface area contributed by atoms with E-state index in [0.29, 0.717) is 5.69 Å². The fourth-order valence-electron chi connectivity index (χ4n) is 2.36. The molecule has 1 aromatic carbocycles. The van der Waals surface area contributed by atoms with Crippen molar-refractivity contribution >= 4 is 17.5 Å². The summed E-state index contributed by atoms with van der Waals surface area (Å²) in [7, 11) is 1.63. The highest BCUT2D eigenvalue weighted by atomic mass is 19.1. The van der Waals surface area contributed by atoms with E-state index in [2.05, 4.69) is 11.4 Å². The molecule has 0 aromatic heterocycles. The van der Waals surface area contributed by atoms with E-state index in [-0.39, 0.29) is 30.1 Å². The lowest BCUT2D eigenvalue weighted by Gasteiger charge is -2.24. The number of amides is 2. The smallest absolute Gasteiger partial charge is 0.243 e. The van der Waals surface area contributed by atoms with E-state index in [9.17, 15) is 14.0 Å². The third kappa shape index (κ3) is 4.41. The van der Waals surface area contributed by atoms with Gasteiger partial charge in [0.25, 0.3) is 0 Å². The van der Waals surface area contributed by atoms with Crippen molar-refractivity contribution in [3.8, 4) is 0 Å². The lowest BCUT2D eigenvalue weighted by atomic mass is 9.93. The zero-order valence-electron chi connectivity index (χ0n) is 12.0. The highest BCUT2D eigenvalue weighted by Gasteiger charge is 2.23. The second-order valence-corrected chi connectivity index (χ2v) is 5.23. The Balaban J connectivity index is 1.85. The van der Waals surface area contributed by atoms with E-state index in [4.69, 9.17) is 0 Å². The van der Waals surface area contributed by atoms with Gasteiger partial charge in [0.1, 0.15) is 5.82 Å². The Morgan fingerprint density at radius 1 is 1.29 bits per heavy atom. The van der Waals surface area contributed by atoms with Crippen molar-refractivity contribution in [3.05, 3.63) is 42.2 Å². The van der Waals surface area contributed by atoms with Crippen LogP contribution in [0.2, 0.25) is 0 Å². The normalized spacial score (nSPS) is 17.3. The number of likely N-dealkylation sites (N-methyl/N-ethyl adjacent to an activating group) is 1. The number of benzene rings is 1. The summed E-state index contributed by atoms with van der Waals surface area (Å²) in [6.45, 7) is -0.00355. The molecule has 5 heteroatoms. The molecule has 1 N–H and O–H groups in total. The first-order chi connectivity index (χ1) is 10.1. The molecule has 0 fully saturated rings. The van der Waals surface area contributed by atoms with Crippen molar-refractivity contribution in [2.75, 3.05) is 18.9 Å². The Kier molecular flexibility index (Phi) is 5.09. The summed E-state index contributed by atoms with van der Waals surface area (Å²) in [6.07, 6.45) is 6.57. The molecular formula is C16H19FN2O2. The monoisotopic (exact) mass is 290 g/mol. The van der Waals surface area contributed by atoms with Crippen LogP contribution in [-0.2, 0) is 9.59 Å². The lowest BCUT2D eigenvalue weighted by molar-refractivity contribution is -0.137. The topological polar surface area (TPSA) is 49.4 Å². The molecule has 1 aliphatic rings. The quantitative estimate of drug-likeness (QED) is 0.866. The molecule has 1 aliphatic carbocycles. The molecule has 0 spiro atoms. The van der Waals surface area contributed by atoms with Gasteiger partial charge >= 0.3 is 0 Å². The second-order valence-electron chi connectivity index (χ2n) is 5.23. The minimum Gasteiger partial charge on any atom is -0.336 e. The Labute approximate surface area is 123 Å². The molecule has 0 saturated carbocycles. The van der Waals surface area contributed by atoms with Crippen LogP contribution in [0.1, 0.15) is 19.3 Å². The Morgan fingerprint density at radius 2 is 2.00 bits per heavy atom. The molecule has 1 atom stereocenters. The fourth-order valence-corrected chi connectivity index (χ4v) is 2.36. The molecule has 0 radical (unpaired) electrons. The molecule has 0 aliphatic heterocycles. The van der Waals surface area contributed by atoms with Crippen LogP contribution in [0.3, 0.4) is 0 Å². The van der Waals surface area contributed by atoms with Gasteiger partial charge in [0.2, 0.25) is 11.8 Å². The second kappa shape index (κ2) is 7.02. The van der Waals surface area contributed by atoms with Gasteiger partial charge in [0, 0.05) is 18.7 Å². The summed E-state index contributed by atoms with van der Waals surface area (Å²) < 4.78 is 12.8. The number of anilines is 1. The minimum atomic E-state index is -0.356. The van der Waals surface area contributed by atoms with E-state index in [1.165, 1.54) is 29.2 Å². The molecular weight excluding hydrogens is 271 g/mol. The number of nitrogens with zero attached hydrogens (tertiary/aromatic N) is 1. The zero-order chi connectivity index (χ0) is 15.2. The first-order valence-electron chi connectivity index (χ1n) is 7.01. The number of rotatable bonds is 4. The number of hydrogen-bond acceptors (Lipinski definition) is 2. The van der Waals surface area contributed by atoms with E-state index < -0.39 is 0 Å². The zero-order valence-corrected chi connectivity index (χ0v) is 12.0. The van der Waals surface area contributed by atoms with Crippen LogP contribution in [0.25, 0.3) is 0 Å². The summed E-state index contributed by atoms with van der Waals surface area (Å²) in [4.78, 5) is 25.5. The van der Waals surface area contributed by atoms with Crippen molar-refractivity contribution in [3.63, 3.8) is 0 Å². The first kappa shape index (κ1) is 15.2. The predicted octanol–water partition coefficient (Wildman–Crippen LogP) is 2.58. The van der Waals surface area contributed by atoms with E-state index in [0.717, 1.165) is 19.3 Å². The predicted molar refractivity (Wildman–Crippen MR) is 79.1 cm³/mol. The van der Waals surface area contributed by atoms with Crippen LogP contribution in [0.5, 0.6) is 0 Å². The number of halogens is 1. The van der Waals surface area contributed by atoms with Crippen LogP contribution < -0.4 is 5.32 Å². The van der Waals surface area contributed by atoms with Gasteiger partial charge in [-0.05, 0) is 43.5 Å². The SMILES string of the molecule is CN(CC(=O)Nc1ccc(F)cc1)C(=O)[C@@H]1CC=CCC1. The minimum absolute atomic E-state index is 0.00355. The Bertz CT molecular complexity index is 540. The van der Waals surface area contributed by atoms with Gasteiger partial charge in [-0.1, -0.05) is 12.2 Å². The van der Waals surface area contributed by atoms with E-state index >= 15 is 0 Å². The van der Waals surface area contributed by atoms with Crippen LogP contribution in [0, 0.1) is 11.7 Å². The molecule has 2 amide bonds. The Hall–Kier alpha value is -2.17. The van der Waals surface area contributed by atoms with Crippen LogP contribution in [-0.4, -0.2) is 30.3 Å². The van der Waals surface area contributed by atoms with Crippen molar-refractivity contribution in [1.29, 1.82) is 0 Å². The van der Waals surface area contributed by atoms with Gasteiger partial charge in [0.15, 0.2) is 0 Å². The summed E-state index contributed by atoms with van der Waals surface area (Å²) in [5.74, 6) is -0.679. The molecule has 0 saturated heterocycles. The molecule has 21 heavy (non-hydrogen) atoms. The molecule has 4 nitrogen and oxygen atoms in total. The summed E-state index contributed by atoms with van der Waals surface area (Å²) >= 11 is 0. The number of allylic oxidation sites excluding steroid dienone is 2. The van der Waals surface area contributed by atoms with Gasteiger partial charge in [-0.25, -0.2) is 4.39 Å². The van der Waals surface area contributed by atoms with E-state index in [1.807, 2.05) is 6.08 Å². The number of carbonyl (C=O) groups excluding carboxylic acids is 2. The lowest BCUT2D eigenvalue weighted by Crippen LogP contribution is -2.38. The van der Waals surface area contributed by atoms with Crippen molar-refractivity contribution in [2.24, 2.45) is 5.92 Å². The largest absolute Gasteiger partial charge is 0.336 e. The highest BCUT2D eigenvalue weighted by Crippen LogP contribution is 2.20. The van der Waals surface area contributed by atoms with Gasteiger partial charge in [-0.2, -0.15) is 0 Å². The summed E-state index contributed by atoms with van der Waals surface area (Å²) in [6, 6.07) is 5.53. The summed E-state index contributed by atoms with van der Waals surface area (Å²) in [5.41, 5.74) is 0.517. The standard InChI is InChI=1S/C16H19FN2O2/c1-19(16(21)12-5-3-2-4-6-12)11-15(20)18-14-9-7-13(17)8-10-14/h2-3,7-10,12H,4-6,11H2,1H3,(H,18,20)/t12-/m1/s1. The molecule has 2 rings (SSSR count). The third-order valence-electron chi connectivity index (χ3n) is 3.50. The van der Waals surface area contributed by atoms with Crippen molar-refractivity contribution in [1.82, 2.24) is 4.90 Å². The highest BCUT2D eigenvalue weighted by molar-refractivity contribution is 5.94. The summed E-state index contributed by atoms with van der Waals surface area (Å²) in [5, 5.41) is 2.64. The van der Waals surface area contributed by atoms with Gasteiger partial charge < -0.3 is 10.2 Å². The number of carbonyl (C=O) groups is 2. The number of nitrogens with one attached hydrogen (secondary N) is 1. The average molecular weight is 290 g/mol. The number of hydrogen-bond donors (Lipinski definition) is 1. The Morgan fingerprint density at radius 3 is 2.62 bits per heavy atom.